The molecule has 2 heterocycles. The molecule has 4 N–H and O–H groups in total. The minimum Gasteiger partial charge on any atom is -0.388 e. The predicted molar refractivity (Wildman–Crippen MR) is 93.0 cm³/mol. The van der Waals surface area contributed by atoms with Crippen LogP contribution in [-0.4, -0.2) is 49.4 Å². The van der Waals surface area contributed by atoms with Crippen molar-refractivity contribution in [3.8, 4) is 0 Å². The summed E-state index contributed by atoms with van der Waals surface area (Å²) in [6.07, 6.45) is -1.37. The average molecular weight is 373 g/mol. The van der Waals surface area contributed by atoms with Gasteiger partial charge in [0.05, 0.1) is 12.3 Å². The van der Waals surface area contributed by atoms with E-state index < -0.39 is 42.3 Å². The Morgan fingerprint density at radius 2 is 1.92 bits per heavy atom. The van der Waals surface area contributed by atoms with E-state index in [2.05, 4.69) is 10.3 Å². The third-order valence-corrected chi connectivity index (χ3v) is 4.71. The van der Waals surface area contributed by atoms with Gasteiger partial charge in [-0.1, -0.05) is 26.7 Å². The van der Waals surface area contributed by atoms with Crippen molar-refractivity contribution < 1.29 is 24.4 Å². The minimum atomic E-state index is -1.37. The number of rotatable bonds is 8. The molecule has 5 atom stereocenters. The maximum Gasteiger partial charge on any atom is 0.351 e. The monoisotopic (exact) mass is 373 g/mol. The lowest BCUT2D eigenvalue weighted by molar-refractivity contribution is -0.0355. The van der Waals surface area contributed by atoms with Crippen LogP contribution in [0.3, 0.4) is 0 Å². The number of halogens is 1. The molecule has 0 spiro atoms. The van der Waals surface area contributed by atoms with Gasteiger partial charge in [0.1, 0.15) is 18.4 Å². The van der Waals surface area contributed by atoms with Crippen LogP contribution in [-0.2, 0) is 4.74 Å². The fourth-order valence-electron chi connectivity index (χ4n) is 3.25. The summed E-state index contributed by atoms with van der Waals surface area (Å²) >= 11 is 0. The lowest BCUT2D eigenvalue weighted by Gasteiger charge is -2.24. The normalized spacial score (nSPS) is 27.1. The van der Waals surface area contributed by atoms with Gasteiger partial charge in [-0.3, -0.25) is 4.57 Å². The molecular formula is C17H28FN3O5. The van der Waals surface area contributed by atoms with Crippen LogP contribution in [0.4, 0.5) is 10.2 Å². The Labute approximate surface area is 151 Å². The number of hydrogen-bond acceptors (Lipinski definition) is 7. The Morgan fingerprint density at radius 3 is 2.42 bits per heavy atom. The van der Waals surface area contributed by atoms with Crippen LogP contribution in [0.5, 0.6) is 0 Å². The Balaban J connectivity index is 2.20. The van der Waals surface area contributed by atoms with Crippen molar-refractivity contribution >= 4 is 5.82 Å². The van der Waals surface area contributed by atoms with Crippen LogP contribution in [0.25, 0.3) is 0 Å². The minimum absolute atomic E-state index is 0.0791. The Morgan fingerprint density at radius 1 is 1.31 bits per heavy atom. The molecule has 1 aliphatic heterocycles. The molecule has 1 aliphatic rings. The number of ether oxygens (including phenoxy) is 1. The topological polar surface area (TPSA) is 117 Å². The summed E-state index contributed by atoms with van der Waals surface area (Å²) in [5, 5.41) is 32.6. The van der Waals surface area contributed by atoms with E-state index in [-0.39, 0.29) is 11.7 Å². The van der Waals surface area contributed by atoms with Crippen molar-refractivity contribution in [2.75, 3.05) is 5.32 Å². The molecule has 1 aromatic heterocycles. The van der Waals surface area contributed by atoms with Crippen molar-refractivity contribution in [2.45, 2.75) is 77.2 Å². The number of aliphatic hydroxyl groups is 3. The molecule has 0 aliphatic carbocycles. The zero-order valence-electron chi connectivity index (χ0n) is 15.3. The Bertz CT molecular complexity index is 650. The van der Waals surface area contributed by atoms with Crippen LogP contribution in [0.2, 0.25) is 0 Å². The van der Waals surface area contributed by atoms with Crippen LogP contribution < -0.4 is 11.0 Å². The van der Waals surface area contributed by atoms with Gasteiger partial charge in [-0.2, -0.15) is 4.98 Å². The maximum atomic E-state index is 14.4. The lowest BCUT2D eigenvalue weighted by Crippen LogP contribution is -2.37. The molecule has 0 radical (unpaired) electrons. The number of aromatic nitrogens is 2. The molecule has 9 heteroatoms. The molecule has 26 heavy (non-hydrogen) atoms. The van der Waals surface area contributed by atoms with E-state index in [1.165, 1.54) is 6.92 Å². The van der Waals surface area contributed by atoms with Gasteiger partial charge in [-0.25, -0.2) is 9.18 Å². The zero-order chi connectivity index (χ0) is 19.4. The van der Waals surface area contributed by atoms with Crippen LogP contribution >= 0.6 is 0 Å². The first-order valence-electron chi connectivity index (χ1n) is 9.05. The Kier molecular flexibility index (Phi) is 7.10. The molecule has 1 aromatic rings. The van der Waals surface area contributed by atoms with Crippen molar-refractivity contribution in [3.05, 3.63) is 22.5 Å². The summed E-state index contributed by atoms with van der Waals surface area (Å²) in [7, 11) is 0. The number of anilines is 1. The third-order valence-electron chi connectivity index (χ3n) is 4.71. The SMILES string of the molecule is CCCC(CCC)C(O)Nc1nc(=O)n([C@@H]2O[C@H](C)[C@@H](O)[C@H]2O)cc1F. The van der Waals surface area contributed by atoms with E-state index >= 15 is 0 Å². The fourth-order valence-corrected chi connectivity index (χ4v) is 3.25. The third kappa shape index (κ3) is 4.40. The van der Waals surface area contributed by atoms with E-state index in [0.29, 0.717) is 0 Å². The van der Waals surface area contributed by atoms with E-state index in [0.717, 1.165) is 36.4 Å². The molecule has 8 nitrogen and oxygen atoms in total. The van der Waals surface area contributed by atoms with Crippen molar-refractivity contribution in [2.24, 2.45) is 5.92 Å². The number of aliphatic hydroxyl groups excluding tert-OH is 3. The van der Waals surface area contributed by atoms with E-state index in [1.807, 2.05) is 13.8 Å². The molecule has 1 unspecified atom stereocenters. The molecule has 0 amide bonds. The molecule has 2 rings (SSSR count). The largest absolute Gasteiger partial charge is 0.388 e. The van der Waals surface area contributed by atoms with Gasteiger partial charge in [0.15, 0.2) is 17.9 Å². The Hall–Kier alpha value is -1.55. The summed E-state index contributed by atoms with van der Waals surface area (Å²) in [6.45, 7) is 5.53. The number of nitrogens with zero attached hydrogens (tertiary/aromatic N) is 2. The fraction of sp³-hybridized carbons (Fsp3) is 0.765. The second-order valence-corrected chi connectivity index (χ2v) is 6.77. The molecule has 1 fully saturated rings. The first kappa shape index (κ1) is 20.8. The van der Waals surface area contributed by atoms with Crippen LogP contribution in [0.1, 0.15) is 52.7 Å². The predicted octanol–water partition coefficient (Wildman–Crippen LogP) is 0.968. The van der Waals surface area contributed by atoms with Gasteiger partial charge in [0, 0.05) is 5.92 Å². The highest BCUT2D eigenvalue weighted by Crippen LogP contribution is 2.28. The van der Waals surface area contributed by atoms with Crippen LogP contribution in [0.15, 0.2) is 11.0 Å². The van der Waals surface area contributed by atoms with Gasteiger partial charge in [-0.15, -0.1) is 0 Å². The highest BCUT2D eigenvalue weighted by molar-refractivity contribution is 5.35. The van der Waals surface area contributed by atoms with Gasteiger partial charge in [0.25, 0.3) is 0 Å². The van der Waals surface area contributed by atoms with E-state index in [4.69, 9.17) is 4.74 Å². The molecule has 0 bridgehead atoms. The average Bonchev–Trinajstić information content (AvgIpc) is 2.85. The van der Waals surface area contributed by atoms with E-state index in [1.54, 1.807) is 0 Å². The van der Waals surface area contributed by atoms with Crippen molar-refractivity contribution in [1.82, 2.24) is 9.55 Å². The second-order valence-electron chi connectivity index (χ2n) is 6.77. The standard InChI is InChI=1S/C17H28FN3O5/c1-4-6-10(7-5-2)15(24)19-14-11(18)8-21(17(25)20-14)16-13(23)12(22)9(3)26-16/h8-10,12-13,15-16,22-24H,4-7H2,1-3H3,(H,19,20,25)/t9-,12-,13-,15?,16-/m1/s1. The van der Waals surface area contributed by atoms with Gasteiger partial charge in [0.2, 0.25) is 0 Å². The van der Waals surface area contributed by atoms with Crippen LogP contribution in [0, 0.1) is 11.7 Å². The second kappa shape index (κ2) is 8.90. The summed E-state index contributed by atoms with van der Waals surface area (Å²) < 4.78 is 20.5. The zero-order valence-corrected chi connectivity index (χ0v) is 15.3. The highest BCUT2D eigenvalue weighted by Gasteiger charge is 2.42. The number of nitrogens with one attached hydrogen (secondary N) is 1. The summed E-state index contributed by atoms with van der Waals surface area (Å²) in [4.78, 5) is 15.9. The van der Waals surface area contributed by atoms with Gasteiger partial charge in [-0.05, 0) is 19.8 Å². The van der Waals surface area contributed by atoms with Gasteiger partial charge < -0.3 is 25.4 Å². The first-order valence-corrected chi connectivity index (χ1v) is 9.05. The number of hydrogen-bond donors (Lipinski definition) is 4. The summed E-state index contributed by atoms with van der Waals surface area (Å²) in [5.74, 6) is -1.29. The first-order chi connectivity index (χ1) is 12.3. The molecular weight excluding hydrogens is 345 g/mol. The summed E-state index contributed by atoms with van der Waals surface area (Å²) in [5.41, 5.74) is -0.853. The molecule has 0 aromatic carbocycles. The summed E-state index contributed by atoms with van der Waals surface area (Å²) in [6, 6.07) is 0. The lowest BCUT2D eigenvalue weighted by atomic mass is 9.96. The quantitative estimate of drug-likeness (QED) is 0.502. The highest BCUT2D eigenvalue weighted by atomic mass is 19.1. The smallest absolute Gasteiger partial charge is 0.351 e. The maximum absolute atomic E-state index is 14.4. The molecule has 1 saturated heterocycles. The van der Waals surface area contributed by atoms with E-state index in [9.17, 15) is 24.5 Å². The van der Waals surface area contributed by atoms with Crippen molar-refractivity contribution in [3.63, 3.8) is 0 Å². The molecule has 0 saturated carbocycles. The van der Waals surface area contributed by atoms with Gasteiger partial charge >= 0.3 is 5.69 Å². The van der Waals surface area contributed by atoms with Crippen molar-refractivity contribution in [1.29, 1.82) is 0 Å². The molecule has 148 valence electrons.